The standard InChI is InChI=1S/C18H16N4O2/c1-24-18-15(8-5-9-19-18)17(23)20-11-14-10-16(22-12-21-14)13-6-3-2-4-7-13/h2-10,12H,11H2,1H3,(H,20,23). The van der Waals surface area contributed by atoms with Gasteiger partial charge in [-0.2, -0.15) is 0 Å². The number of ether oxygens (including phenoxy) is 1. The fourth-order valence-corrected chi connectivity index (χ4v) is 2.25. The first kappa shape index (κ1) is 15.6. The first-order chi connectivity index (χ1) is 11.8. The molecular weight excluding hydrogens is 304 g/mol. The van der Waals surface area contributed by atoms with Crippen molar-refractivity contribution in [1.82, 2.24) is 20.3 Å². The molecule has 24 heavy (non-hydrogen) atoms. The van der Waals surface area contributed by atoms with Crippen LogP contribution in [0.25, 0.3) is 11.3 Å². The van der Waals surface area contributed by atoms with E-state index in [0.717, 1.165) is 17.0 Å². The number of amides is 1. The van der Waals surface area contributed by atoms with E-state index in [1.54, 1.807) is 18.3 Å². The predicted octanol–water partition coefficient (Wildman–Crippen LogP) is 2.48. The van der Waals surface area contributed by atoms with E-state index in [9.17, 15) is 4.79 Å². The van der Waals surface area contributed by atoms with Gasteiger partial charge in [-0.05, 0) is 18.2 Å². The highest BCUT2D eigenvalue weighted by Crippen LogP contribution is 2.16. The maximum atomic E-state index is 12.3. The second-order valence-corrected chi connectivity index (χ2v) is 5.00. The summed E-state index contributed by atoms with van der Waals surface area (Å²) in [6.07, 6.45) is 3.07. The van der Waals surface area contributed by atoms with Gasteiger partial charge >= 0.3 is 0 Å². The Balaban J connectivity index is 1.72. The summed E-state index contributed by atoms with van der Waals surface area (Å²) in [7, 11) is 1.48. The molecule has 2 heterocycles. The maximum absolute atomic E-state index is 12.3. The van der Waals surface area contributed by atoms with Crippen LogP contribution in [0.15, 0.2) is 61.1 Å². The summed E-state index contributed by atoms with van der Waals surface area (Å²) in [5.41, 5.74) is 2.92. The number of hydrogen-bond donors (Lipinski definition) is 1. The molecule has 0 aliphatic carbocycles. The van der Waals surface area contributed by atoms with Gasteiger partial charge in [-0.25, -0.2) is 15.0 Å². The molecule has 0 bridgehead atoms. The smallest absolute Gasteiger partial charge is 0.257 e. The molecule has 1 amide bonds. The molecule has 3 rings (SSSR count). The third-order valence-electron chi connectivity index (χ3n) is 3.43. The molecule has 6 heteroatoms. The summed E-state index contributed by atoms with van der Waals surface area (Å²) in [5, 5.41) is 2.82. The van der Waals surface area contributed by atoms with Crippen LogP contribution in [0.4, 0.5) is 0 Å². The van der Waals surface area contributed by atoms with E-state index in [0.29, 0.717) is 18.0 Å². The Kier molecular flexibility index (Phi) is 4.76. The Hall–Kier alpha value is -3.28. The van der Waals surface area contributed by atoms with Crippen LogP contribution in [-0.4, -0.2) is 28.0 Å². The van der Waals surface area contributed by atoms with E-state index in [2.05, 4.69) is 20.3 Å². The van der Waals surface area contributed by atoms with Crippen molar-refractivity contribution in [3.63, 3.8) is 0 Å². The summed E-state index contributed by atoms with van der Waals surface area (Å²) in [5.74, 6) is 0.0301. The molecule has 1 N–H and O–H groups in total. The van der Waals surface area contributed by atoms with Crippen LogP contribution in [0.1, 0.15) is 16.1 Å². The van der Waals surface area contributed by atoms with E-state index >= 15 is 0 Å². The van der Waals surface area contributed by atoms with Crippen LogP contribution in [0.3, 0.4) is 0 Å². The Morgan fingerprint density at radius 3 is 2.71 bits per heavy atom. The molecule has 0 aliphatic rings. The lowest BCUT2D eigenvalue weighted by molar-refractivity contribution is 0.0946. The monoisotopic (exact) mass is 320 g/mol. The van der Waals surface area contributed by atoms with Crippen molar-refractivity contribution in [1.29, 1.82) is 0 Å². The van der Waals surface area contributed by atoms with E-state index in [1.807, 2.05) is 36.4 Å². The second-order valence-electron chi connectivity index (χ2n) is 5.00. The first-order valence-corrected chi connectivity index (χ1v) is 7.41. The molecule has 2 aromatic heterocycles. The zero-order valence-corrected chi connectivity index (χ0v) is 13.1. The average molecular weight is 320 g/mol. The topological polar surface area (TPSA) is 77.0 Å². The van der Waals surface area contributed by atoms with Crippen molar-refractivity contribution < 1.29 is 9.53 Å². The van der Waals surface area contributed by atoms with Gasteiger partial charge in [-0.15, -0.1) is 0 Å². The number of nitrogens with one attached hydrogen (secondary N) is 1. The molecule has 120 valence electrons. The Morgan fingerprint density at radius 2 is 1.92 bits per heavy atom. The van der Waals surface area contributed by atoms with Gasteiger partial charge in [0.25, 0.3) is 5.91 Å². The molecule has 0 atom stereocenters. The molecule has 0 spiro atoms. The summed E-state index contributed by atoms with van der Waals surface area (Å²) in [6, 6.07) is 15.0. The fourth-order valence-electron chi connectivity index (χ4n) is 2.25. The van der Waals surface area contributed by atoms with Crippen molar-refractivity contribution in [3.8, 4) is 17.1 Å². The number of nitrogens with zero attached hydrogens (tertiary/aromatic N) is 3. The molecule has 0 saturated carbocycles. The molecule has 6 nitrogen and oxygen atoms in total. The highest BCUT2D eigenvalue weighted by Gasteiger charge is 2.12. The van der Waals surface area contributed by atoms with Gasteiger partial charge in [0.2, 0.25) is 5.88 Å². The molecule has 0 unspecified atom stereocenters. The highest BCUT2D eigenvalue weighted by atomic mass is 16.5. The molecule has 0 saturated heterocycles. The van der Waals surface area contributed by atoms with Gasteiger partial charge < -0.3 is 10.1 Å². The minimum atomic E-state index is -0.264. The van der Waals surface area contributed by atoms with Gasteiger partial charge in [0.1, 0.15) is 11.9 Å². The average Bonchev–Trinajstić information content (AvgIpc) is 2.67. The number of aromatic nitrogens is 3. The molecule has 0 fully saturated rings. The quantitative estimate of drug-likeness (QED) is 0.781. The summed E-state index contributed by atoms with van der Waals surface area (Å²) >= 11 is 0. The molecule has 0 aliphatic heterocycles. The fraction of sp³-hybridized carbons (Fsp3) is 0.111. The zero-order valence-electron chi connectivity index (χ0n) is 13.1. The summed E-state index contributed by atoms with van der Waals surface area (Å²) in [4.78, 5) is 24.8. The van der Waals surface area contributed by atoms with Crippen LogP contribution in [-0.2, 0) is 6.54 Å². The Morgan fingerprint density at radius 1 is 1.08 bits per heavy atom. The molecule has 3 aromatic rings. The van der Waals surface area contributed by atoms with Crippen molar-refractivity contribution in [2.24, 2.45) is 0 Å². The second kappa shape index (κ2) is 7.32. The zero-order chi connectivity index (χ0) is 16.8. The van der Waals surface area contributed by atoms with Gasteiger partial charge in [-0.3, -0.25) is 4.79 Å². The Bertz CT molecular complexity index is 837. The van der Waals surface area contributed by atoms with E-state index in [1.165, 1.54) is 13.4 Å². The van der Waals surface area contributed by atoms with Crippen molar-refractivity contribution >= 4 is 5.91 Å². The summed E-state index contributed by atoms with van der Waals surface area (Å²) < 4.78 is 5.10. The SMILES string of the molecule is COc1ncccc1C(=O)NCc1cc(-c2ccccc2)ncn1. The maximum Gasteiger partial charge on any atom is 0.257 e. The summed E-state index contributed by atoms with van der Waals surface area (Å²) in [6.45, 7) is 0.291. The minimum Gasteiger partial charge on any atom is -0.480 e. The third-order valence-corrected chi connectivity index (χ3v) is 3.43. The van der Waals surface area contributed by atoms with E-state index in [4.69, 9.17) is 4.74 Å². The third kappa shape index (κ3) is 3.55. The number of benzene rings is 1. The van der Waals surface area contributed by atoms with Crippen LogP contribution >= 0.6 is 0 Å². The number of carbonyl (C=O) groups is 1. The van der Waals surface area contributed by atoms with Crippen molar-refractivity contribution in [2.75, 3.05) is 7.11 Å². The molecule has 1 aromatic carbocycles. The van der Waals surface area contributed by atoms with Gasteiger partial charge in [0.05, 0.1) is 25.0 Å². The lowest BCUT2D eigenvalue weighted by Gasteiger charge is -2.08. The normalized spacial score (nSPS) is 10.2. The van der Waals surface area contributed by atoms with Gasteiger partial charge in [-0.1, -0.05) is 30.3 Å². The van der Waals surface area contributed by atoms with Crippen molar-refractivity contribution in [2.45, 2.75) is 6.54 Å². The van der Waals surface area contributed by atoms with Crippen LogP contribution in [0, 0.1) is 0 Å². The van der Waals surface area contributed by atoms with Crippen LogP contribution in [0.5, 0.6) is 5.88 Å². The number of hydrogen-bond acceptors (Lipinski definition) is 5. The number of pyridine rings is 1. The van der Waals surface area contributed by atoms with Gasteiger partial charge in [0, 0.05) is 11.8 Å². The lowest BCUT2D eigenvalue weighted by Crippen LogP contribution is -2.24. The predicted molar refractivity (Wildman–Crippen MR) is 89.4 cm³/mol. The minimum absolute atomic E-state index is 0.264. The van der Waals surface area contributed by atoms with E-state index in [-0.39, 0.29) is 5.91 Å². The first-order valence-electron chi connectivity index (χ1n) is 7.41. The molecular formula is C18H16N4O2. The largest absolute Gasteiger partial charge is 0.480 e. The van der Waals surface area contributed by atoms with Crippen LogP contribution < -0.4 is 10.1 Å². The number of carbonyl (C=O) groups excluding carboxylic acids is 1. The molecule has 0 radical (unpaired) electrons. The lowest BCUT2D eigenvalue weighted by atomic mass is 10.1. The van der Waals surface area contributed by atoms with Crippen LogP contribution in [0.2, 0.25) is 0 Å². The van der Waals surface area contributed by atoms with Crippen molar-refractivity contribution in [3.05, 3.63) is 72.3 Å². The van der Waals surface area contributed by atoms with Gasteiger partial charge in [0.15, 0.2) is 0 Å². The highest BCUT2D eigenvalue weighted by molar-refractivity contribution is 5.96. The Labute approximate surface area is 139 Å². The van der Waals surface area contributed by atoms with E-state index < -0.39 is 0 Å². The number of methoxy groups -OCH3 is 1. The number of rotatable bonds is 5.